The highest BCUT2D eigenvalue weighted by atomic mass is 16.3. The summed E-state index contributed by atoms with van der Waals surface area (Å²) in [5.41, 5.74) is 2.59. The summed E-state index contributed by atoms with van der Waals surface area (Å²) in [5.74, 6) is 5.09. The molecule has 2 N–H and O–H groups in total. The zero-order valence-electron chi connectivity index (χ0n) is 24.2. The maximum absolute atomic E-state index is 8.36. The van der Waals surface area contributed by atoms with Gasteiger partial charge in [0.05, 0.1) is 6.61 Å². The van der Waals surface area contributed by atoms with Gasteiger partial charge in [-0.05, 0) is 109 Å². The van der Waals surface area contributed by atoms with Crippen LogP contribution in [0.4, 0.5) is 0 Å². The zero-order valence-corrected chi connectivity index (χ0v) is 24.2. The van der Waals surface area contributed by atoms with Crippen molar-refractivity contribution in [2.45, 2.75) is 126 Å². The lowest BCUT2D eigenvalue weighted by Crippen LogP contribution is -2.64. The maximum Gasteiger partial charge on any atom is 0.290 e. The summed E-state index contributed by atoms with van der Waals surface area (Å²) in [5, 5.41) is 14.6. The third-order valence-corrected chi connectivity index (χ3v) is 12.3. The summed E-state index contributed by atoms with van der Waals surface area (Å²) in [6, 6.07) is 0. The first-order valence-corrected chi connectivity index (χ1v) is 14.9. The smallest absolute Gasteiger partial charge is 0.290 e. The SMILES string of the molecule is C=CCO.CC.CC1CCCC2(C)C1CCC1(C)C2CCC2C3CCCC3(C)CC[C@]21C.O=CO. The van der Waals surface area contributed by atoms with Crippen molar-refractivity contribution < 1.29 is 15.0 Å². The normalized spacial score (nSPS) is 47.3. The molecule has 0 aliphatic heterocycles. The van der Waals surface area contributed by atoms with Crippen molar-refractivity contribution >= 4 is 6.47 Å². The average Bonchev–Trinajstić information content (AvgIpc) is 3.23. The van der Waals surface area contributed by atoms with Crippen LogP contribution >= 0.6 is 0 Å². The average molecular weight is 491 g/mol. The minimum absolute atomic E-state index is 0.0833. The highest BCUT2D eigenvalue weighted by Gasteiger charge is 2.67. The van der Waals surface area contributed by atoms with Crippen molar-refractivity contribution in [2.24, 2.45) is 51.2 Å². The molecule has 0 aromatic rings. The fourth-order valence-corrected chi connectivity index (χ4v) is 10.6. The molecule has 8 unspecified atom stereocenters. The van der Waals surface area contributed by atoms with Gasteiger partial charge in [-0.2, -0.15) is 0 Å². The lowest BCUT2D eigenvalue weighted by Gasteiger charge is -2.71. The van der Waals surface area contributed by atoms with Gasteiger partial charge in [-0.15, -0.1) is 6.58 Å². The number of carboxylic acid groups (broad SMARTS) is 1. The Balaban J connectivity index is 0.000000423. The van der Waals surface area contributed by atoms with Crippen LogP contribution in [0, 0.1) is 51.2 Å². The molecule has 9 atom stereocenters. The minimum atomic E-state index is -0.250. The Morgan fingerprint density at radius 1 is 0.800 bits per heavy atom. The van der Waals surface area contributed by atoms with Gasteiger partial charge in [0.15, 0.2) is 0 Å². The molecule has 204 valence electrons. The van der Waals surface area contributed by atoms with E-state index >= 15 is 0 Å². The molecule has 5 saturated carbocycles. The Kier molecular flexibility index (Phi) is 10.5. The van der Waals surface area contributed by atoms with Gasteiger partial charge in [0.2, 0.25) is 0 Å². The molecule has 0 saturated heterocycles. The lowest BCUT2D eigenvalue weighted by molar-refractivity contribution is -0.224. The van der Waals surface area contributed by atoms with Crippen molar-refractivity contribution in [3.8, 4) is 0 Å². The van der Waals surface area contributed by atoms with Crippen molar-refractivity contribution in [3.05, 3.63) is 12.7 Å². The molecule has 3 nitrogen and oxygen atoms in total. The maximum atomic E-state index is 8.36. The van der Waals surface area contributed by atoms with E-state index in [1.807, 2.05) is 13.8 Å². The monoisotopic (exact) mass is 490 g/mol. The molecule has 0 amide bonds. The Bertz CT molecular complexity index is 690. The number of aliphatic hydroxyl groups is 1. The Morgan fingerprint density at radius 2 is 1.40 bits per heavy atom. The predicted octanol–water partition coefficient (Wildman–Crippen LogP) is 8.75. The zero-order chi connectivity index (χ0) is 26.5. The van der Waals surface area contributed by atoms with Crippen LogP contribution < -0.4 is 0 Å². The number of hydrogen-bond acceptors (Lipinski definition) is 2. The Labute approximate surface area is 217 Å². The van der Waals surface area contributed by atoms with E-state index in [0.717, 1.165) is 29.6 Å². The first-order valence-electron chi connectivity index (χ1n) is 14.9. The number of carbonyl (C=O) groups is 1. The summed E-state index contributed by atoms with van der Waals surface area (Å²) < 4.78 is 0. The van der Waals surface area contributed by atoms with Crippen molar-refractivity contribution in [1.82, 2.24) is 0 Å². The minimum Gasteiger partial charge on any atom is -0.483 e. The van der Waals surface area contributed by atoms with Gasteiger partial charge in [0.25, 0.3) is 6.47 Å². The van der Waals surface area contributed by atoms with Crippen LogP contribution in [-0.4, -0.2) is 23.3 Å². The quantitative estimate of drug-likeness (QED) is 0.285. The fourth-order valence-electron chi connectivity index (χ4n) is 10.6. The molecule has 0 radical (unpaired) electrons. The molecule has 5 fully saturated rings. The van der Waals surface area contributed by atoms with Gasteiger partial charge in [-0.3, -0.25) is 4.79 Å². The van der Waals surface area contributed by atoms with Gasteiger partial charge in [-0.1, -0.05) is 73.8 Å². The number of fused-ring (bicyclic) bond motifs is 7. The van der Waals surface area contributed by atoms with Gasteiger partial charge in [0.1, 0.15) is 0 Å². The first-order chi connectivity index (χ1) is 16.6. The van der Waals surface area contributed by atoms with E-state index in [9.17, 15) is 0 Å². The van der Waals surface area contributed by atoms with E-state index < -0.39 is 0 Å². The summed E-state index contributed by atoms with van der Waals surface area (Å²) in [6.45, 7) is 20.6. The topological polar surface area (TPSA) is 57.5 Å². The molecule has 0 aromatic heterocycles. The van der Waals surface area contributed by atoms with E-state index in [1.54, 1.807) is 25.7 Å². The van der Waals surface area contributed by atoms with E-state index in [1.165, 1.54) is 57.4 Å². The third-order valence-electron chi connectivity index (χ3n) is 12.3. The summed E-state index contributed by atoms with van der Waals surface area (Å²) in [6.07, 6.45) is 19.8. The van der Waals surface area contributed by atoms with Crippen LogP contribution in [0.25, 0.3) is 0 Å². The van der Waals surface area contributed by atoms with E-state index in [0.29, 0.717) is 21.7 Å². The molecular weight excluding hydrogens is 432 g/mol. The van der Waals surface area contributed by atoms with E-state index in [4.69, 9.17) is 15.0 Å². The Hall–Kier alpha value is -0.830. The number of rotatable bonds is 1. The third kappa shape index (κ3) is 5.14. The van der Waals surface area contributed by atoms with Crippen LogP contribution in [0.1, 0.15) is 126 Å². The van der Waals surface area contributed by atoms with Gasteiger partial charge < -0.3 is 10.2 Å². The van der Waals surface area contributed by atoms with Gasteiger partial charge in [-0.25, -0.2) is 0 Å². The lowest BCUT2D eigenvalue weighted by atomic mass is 9.33. The van der Waals surface area contributed by atoms with Crippen molar-refractivity contribution in [1.29, 1.82) is 0 Å². The molecule has 0 spiro atoms. The number of aliphatic hydroxyl groups excluding tert-OH is 1. The Morgan fingerprint density at radius 3 is 2.00 bits per heavy atom. The van der Waals surface area contributed by atoms with Crippen LogP contribution in [0.5, 0.6) is 0 Å². The molecule has 5 aliphatic rings. The predicted molar refractivity (Wildman–Crippen MR) is 148 cm³/mol. The second-order valence-corrected chi connectivity index (χ2v) is 13.3. The van der Waals surface area contributed by atoms with Crippen molar-refractivity contribution in [3.63, 3.8) is 0 Å². The molecule has 0 bridgehead atoms. The fraction of sp³-hybridized carbons (Fsp3) is 0.906. The number of hydrogen-bond donors (Lipinski definition) is 2. The standard InChI is InChI=1S/C26H44.C3H6O.C2H6.CH2O2/c1-18-8-6-14-24(3)19(18)12-15-26(5)22(24)11-10-21-20-9-7-13-23(20,2)16-17-25(21,26)4;1-2-3-4;1-2;2-1-3/h18-22H,6-17H2,1-5H3;2,4H,1,3H2;1-2H3;1H,(H,2,3)/t18?,19?,20?,21?,22?,23?,24?,25-,26?;;;/m1.../s1. The molecule has 5 aliphatic carbocycles. The van der Waals surface area contributed by atoms with Crippen LogP contribution in [0.3, 0.4) is 0 Å². The largest absolute Gasteiger partial charge is 0.483 e. The molecule has 0 heterocycles. The van der Waals surface area contributed by atoms with Crippen molar-refractivity contribution in [2.75, 3.05) is 6.61 Å². The first kappa shape index (κ1) is 30.4. The summed E-state index contributed by atoms with van der Waals surface area (Å²) in [4.78, 5) is 8.36. The van der Waals surface area contributed by atoms with Crippen LogP contribution in [0.15, 0.2) is 12.7 Å². The summed E-state index contributed by atoms with van der Waals surface area (Å²) in [7, 11) is 0. The van der Waals surface area contributed by atoms with E-state index in [-0.39, 0.29) is 13.1 Å². The molecular formula is C32H58O3. The van der Waals surface area contributed by atoms with Crippen LogP contribution in [-0.2, 0) is 4.79 Å². The highest BCUT2D eigenvalue weighted by Crippen LogP contribution is 2.75. The second kappa shape index (κ2) is 12.1. The highest BCUT2D eigenvalue weighted by molar-refractivity contribution is 5.32. The summed E-state index contributed by atoms with van der Waals surface area (Å²) >= 11 is 0. The molecule has 35 heavy (non-hydrogen) atoms. The van der Waals surface area contributed by atoms with E-state index in [2.05, 4.69) is 41.2 Å². The van der Waals surface area contributed by atoms with Gasteiger partial charge in [0, 0.05) is 0 Å². The van der Waals surface area contributed by atoms with Crippen LogP contribution in [0.2, 0.25) is 0 Å². The second-order valence-electron chi connectivity index (χ2n) is 13.3. The van der Waals surface area contributed by atoms with Gasteiger partial charge >= 0.3 is 0 Å². The molecule has 5 rings (SSSR count). The molecule has 0 aromatic carbocycles. The molecule has 3 heteroatoms.